The number of nitrogens with one attached hydrogen (secondary N) is 1. The first-order valence-corrected chi connectivity index (χ1v) is 8.18. The van der Waals surface area contributed by atoms with Gasteiger partial charge in [0.25, 0.3) is 0 Å². The molecule has 0 unspecified atom stereocenters. The first-order chi connectivity index (χ1) is 11.4. The molecule has 1 saturated heterocycles. The molecule has 0 radical (unpaired) electrons. The highest BCUT2D eigenvalue weighted by atomic mass is 16.6. The first-order valence-electron chi connectivity index (χ1n) is 8.18. The zero-order chi connectivity index (χ0) is 17.7. The highest BCUT2D eigenvalue weighted by Crippen LogP contribution is 2.22. The van der Waals surface area contributed by atoms with Crippen LogP contribution in [0.15, 0.2) is 18.2 Å². The first kappa shape index (κ1) is 17.8. The van der Waals surface area contributed by atoms with Gasteiger partial charge in [-0.1, -0.05) is 0 Å². The number of carbonyl (C=O) groups excluding carboxylic acids is 2. The van der Waals surface area contributed by atoms with Crippen molar-refractivity contribution in [1.29, 1.82) is 5.26 Å². The van der Waals surface area contributed by atoms with Crippen LogP contribution in [0.2, 0.25) is 0 Å². The van der Waals surface area contributed by atoms with Gasteiger partial charge in [0, 0.05) is 24.7 Å². The maximum Gasteiger partial charge on any atom is 0.410 e. The number of ketones is 1. The van der Waals surface area contributed by atoms with Crippen LogP contribution in [0.1, 0.15) is 49.5 Å². The molecular weight excluding hydrogens is 306 g/mol. The zero-order valence-electron chi connectivity index (χ0n) is 14.3. The van der Waals surface area contributed by atoms with Gasteiger partial charge in [-0.25, -0.2) is 4.79 Å². The van der Waals surface area contributed by atoms with Gasteiger partial charge >= 0.3 is 6.09 Å². The Bertz CT molecular complexity index is 656. The van der Waals surface area contributed by atoms with E-state index in [-0.39, 0.29) is 24.0 Å². The van der Waals surface area contributed by atoms with Gasteiger partial charge in [-0.05, 0) is 51.8 Å². The molecule has 0 aliphatic carbocycles. The van der Waals surface area contributed by atoms with Crippen LogP contribution in [-0.4, -0.2) is 42.0 Å². The van der Waals surface area contributed by atoms with Crippen LogP contribution in [0.25, 0.3) is 0 Å². The standard InChI is InChI=1S/C18H23N3O3/c1-12(2)24-18(23)21-8-6-16(7-9-21)20-17-10-14(13(3)22)4-5-15(17)11-19/h4-5,10,12,16,20H,6-9H2,1-3H3. The molecule has 0 aromatic heterocycles. The molecule has 0 bridgehead atoms. The number of hydrogen-bond acceptors (Lipinski definition) is 5. The molecule has 0 atom stereocenters. The van der Waals surface area contributed by atoms with E-state index in [1.165, 1.54) is 6.92 Å². The highest BCUT2D eigenvalue weighted by molar-refractivity contribution is 5.95. The summed E-state index contributed by atoms with van der Waals surface area (Å²) in [6.07, 6.45) is 1.13. The predicted octanol–water partition coefficient (Wildman–Crippen LogP) is 3.18. The highest BCUT2D eigenvalue weighted by Gasteiger charge is 2.24. The van der Waals surface area contributed by atoms with Gasteiger partial charge in [0.05, 0.1) is 17.4 Å². The van der Waals surface area contributed by atoms with E-state index >= 15 is 0 Å². The second-order valence-electron chi connectivity index (χ2n) is 6.27. The Labute approximate surface area is 142 Å². The van der Waals surface area contributed by atoms with Crippen LogP contribution in [-0.2, 0) is 4.74 Å². The van der Waals surface area contributed by atoms with Crippen molar-refractivity contribution in [1.82, 2.24) is 4.90 Å². The van der Waals surface area contributed by atoms with Crippen molar-refractivity contribution in [3.63, 3.8) is 0 Å². The summed E-state index contributed by atoms with van der Waals surface area (Å²) in [5.41, 5.74) is 1.77. The molecule has 1 aromatic carbocycles. The summed E-state index contributed by atoms with van der Waals surface area (Å²) in [4.78, 5) is 25.1. The minimum atomic E-state index is -0.278. The van der Waals surface area contributed by atoms with Crippen LogP contribution in [0.3, 0.4) is 0 Å². The number of amides is 1. The Morgan fingerprint density at radius 1 is 1.33 bits per heavy atom. The average Bonchev–Trinajstić information content (AvgIpc) is 2.54. The topological polar surface area (TPSA) is 82.4 Å². The molecule has 0 saturated carbocycles. The van der Waals surface area contributed by atoms with Gasteiger partial charge < -0.3 is 15.0 Å². The quantitative estimate of drug-likeness (QED) is 0.858. The van der Waals surface area contributed by atoms with Crippen molar-refractivity contribution in [3.8, 4) is 6.07 Å². The van der Waals surface area contributed by atoms with Crippen molar-refractivity contribution in [2.45, 2.75) is 45.8 Å². The number of piperidine rings is 1. The molecule has 1 aliphatic heterocycles. The number of anilines is 1. The SMILES string of the molecule is CC(=O)c1ccc(C#N)c(NC2CCN(C(=O)OC(C)C)CC2)c1. The zero-order valence-corrected chi connectivity index (χ0v) is 14.3. The van der Waals surface area contributed by atoms with Gasteiger partial charge in [-0.15, -0.1) is 0 Å². The molecule has 1 heterocycles. The summed E-state index contributed by atoms with van der Waals surface area (Å²) in [5.74, 6) is -0.0335. The van der Waals surface area contributed by atoms with Gasteiger partial charge in [0.15, 0.2) is 5.78 Å². The summed E-state index contributed by atoms with van der Waals surface area (Å²) in [6.45, 7) is 6.38. The van der Waals surface area contributed by atoms with E-state index < -0.39 is 0 Å². The average molecular weight is 329 g/mol. The maximum absolute atomic E-state index is 11.9. The van der Waals surface area contributed by atoms with Gasteiger partial charge in [0.2, 0.25) is 0 Å². The molecule has 24 heavy (non-hydrogen) atoms. The minimum absolute atomic E-state index is 0.0335. The molecule has 1 fully saturated rings. The molecular formula is C18H23N3O3. The molecule has 1 aliphatic rings. The number of nitrogens with zero attached hydrogens (tertiary/aromatic N) is 2. The Kier molecular flexibility index (Phi) is 5.80. The third-order valence-electron chi connectivity index (χ3n) is 4.00. The summed E-state index contributed by atoms with van der Waals surface area (Å²) in [6, 6.07) is 7.34. The fourth-order valence-electron chi connectivity index (χ4n) is 2.68. The second-order valence-corrected chi connectivity index (χ2v) is 6.27. The fourth-order valence-corrected chi connectivity index (χ4v) is 2.68. The van der Waals surface area contributed by atoms with E-state index in [9.17, 15) is 14.9 Å². The van der Waals surface area contributed by atoms with Crippen molar-refractivity contribution < 1.29 is 14.3 Å². The number of hydrogen-bond donors (Lipinski definition) is 1. The van der Waals surface area contributed by atoms with E-state index in [2.05, 4.69) is 11.4 Å². The predicted molar refractivity (Wildman–Crippen MR) is 91.0 cm³/mol. The summed E-state index contributed by atoms with van der Waals surface area (Å²) in [7, 11) is 0. The molecule has 2 rings (SSSR count). The smallest absolute Gasteiger partial charge is 0.410 e. The third-order valence-corrected chi connectivity index (χ3v) is 4.00. The molecule has 1 N–H and O–H groups in total. The minimum Gasteiger partial charge on any atom is -0.447 e. The van der Waals surface area contributed by atoms with E-state index in [1.54, 1.807) is 23.1 Å². The second kappa shape index (κ2) is 7.82. The van der Waals surface area contributed by atoms with Crippen LogP contribution in [0.4, 0.5) is 10.5 Å². The summed E-state index contributed by atoms with van der Waals surface area (Å²) >= 11 is 0. The molecule has 1 amide bonds. The van der Waals surface area contributed by atoms with Gasteiger partial charge in [0.1, 0.15) is 6.07 Å². The molecule has 0 spiro atoms. The monoisotopic (exact) mass is 329 g/mol. The maximum atomic E-state index is 11.9. The van der Waals surface area contributed by atoms with E-state index in [1.807, 2.05) is 13.8 Å². The van der Waals surface area contributed by atoms with Crippen LogP contribution < -0.4 is 5.32 Å². The number of nitriles is 1. The summed E-state index contributed by atoms with van der Waals surface area (Å²) < 4.78 is 5.21. The number of Topliss-reactive ketones (excluding diaryl/α,β-unsaturated/α-hetero) is 1. The third kappa shape index (κ3) is 4.48. The Morgan fingerprint density at radius 2 is 2.00 bits per heavy atom. The fraction of sp³-hybridized carbons (Fsp3) is 0.500. The number of carbonyl (C=O) groups is 2. The lowest BCUT2D eigenvalue weighted by Gasteiger charge is -2.32. The van der Waals surface area contributed by atoms with Crippen molar-refractivity contribution in [2.75, 3.05) is 18.4 Å². The number of rotatable bonds is 4. The molecule has 6 heteroatoms. The Hall–Kier alpha value is -2.55. The van der Waals surface area contributed by atoms with Crippen LogP contribution in [0, 0.1) is 11.3 Å². The lowest BCUT2D eigenvalue weighted by Crippen LogP contribution is -2.43. The Balaban J connectivity index is 1.99. The van der Waals surface area contributed by atoms with Crippen molar-refractivity contribution in [2.24, 2.45) is 0 Å². The molecule has 128 valence electrons. The van der Waals surface area contributed by atoms with Crippen LogP contribution >= 0.6 is 0 Å². The lowest BCUT2D eigenvalue weighted by atomic mass is 10.0. The number of likely N-dealkylation sites (tertiary alicyclic amines) is 1. The molecule has 6 nitrogen and oxygen atoms in total. The Morgan fingerprint density at radius 3 is 2.54 bits per heavy atom. The van der Waals surface area contributed by atoms with Crippen molar-refractivity contribution >= 4 is 17.6 Å². The largest absolute Gasteiger partial charge is 0.447 e. The lowest BCUT2D eigenvalue weighted by molar-refractivity contribution is 0.0701. The van der Waals surface area contributed by atoms with E-state index in [0.29, 0.717) is 29.9 Å². The number of ether oxygens (including phenoxy) is 1. The van der Waals surface area contributed by atoms with Crippen LogP contribution in [0.5, 0.6) is 0 Å². The van der Waals surface area contributed by atoms with Gasteiger partial charge in [-0.3, -0.25) is 4.79 Å². The molecule has 1 aromatic rings. The van der Waals surface area contributed by atoms with Crippen molar-refractivity contribution in [3.05, 3.63) is 29.3 Å². The van der Waals surface area contributed by atoms with Gasteiger partial charge in [-0.2, -0.15) is 5.26 Å². The number of benzene rings is 1. The normalized spacial score (nSPS) is 15.0. The van der Waals surface area contributed by atoms with E-state index in [4.69, 9.17) is 4.74 Å². The summed E-state index contributed by atoms with van der Waals surface area (Å²) in [5, 5.41) is 12.6. The van der Waals surface area contributed by atoms with E-state index in [0.717, 1.165) is 12.8 Å².